The Hall–Kier alpha value is -1.30. The summed E-state index contributed by atoms with van der Waals surface area (Å²) in [5.41, 5.74) is 2.27. The second-order valence-corrected chi connectivity index (χ2v) is 8.57. The number of sulfonamides is 1. The van der Waals surface area contributed by atoms with Crippen LogP contribution in [0.25, 0.3) is 27.5 Å². The van der Waals surface area contributed by atoms with Crippen molar-refractivity contribution in [2.45, 2.75) is 33.1 Å². The monoisotopic (exact) mass is 453 g/mol. The molecule has 0 N–H and O–H groups in total. The third-order valence-electron chi connectivity index (χ3n) is 4.54. The second kappa shape index (κ2) is 10.8. The normalized spacial score (nSPS) is 11.7. The van der Waals surface area contributed by atoms with Crippen molar-refractivity contribution in [2.75, 3.05) is 5.75 Å². The van der Waals surface area contributed by atoms with Gasteiger partial charge in [-0.1, -0.05) is 38.0 Å². The van der Waals surface area contributed by atoms with E-state index in [2.05, 4.69) is 14.9 Å². The van der Waals surface area contributed by atoms with Gasteiger partial charge in [-0.2, -0.15) is 10.2 Å². The molecule has 0 radical (unpaired) electrons. The fourth-order valence-corrected chi connectivity index (χ4v) is 4.15. The molecular weight excluding hydrogens is 429 g/mol. The van der Waals surface area contributed by atoms with Gasteiger partial charge in [-0.05, 0) is 31.6 Å². The van der Waals surface area contributed by atoms with Gasteiger partial charge < -0.3 is 9.52 Å². The van der Waals surface area contributed by atoms with Gasteiger partial charge in [0, 0.05) is 23.8 Å². The number of unbranched alkanes of at least 4 members (excludes halogenated alkanes) is 2. The van der Waals surface area contributed by atoms with Crippen LogP contribution in [0.5, 0.6) is 0 Å². The van der Waals surface area contributed by atoms with E-state index >= 15 is 0 Å². The first-order chi connectivity index (χ1) is 13.8. The predicted molar refractivity (Wildman–Crippen MR) is 113 cm³/mol. The third-order valence-corrected chi connectivity index (χ3v) is 5.81. The van der Waals surface area contributed by atoms with E-state index in [-0.39, 0.29) is 57.1 Å². The number of nitrogens with zero attached hydrogens (tertiary/aromatic N) is 5. The zero-order valence-corrected chi connectivity index (χ0v) is 21.7. The van der Waals surface area contributed by atoms with E-state index in [4.69, 9.17) is 0 Å². The van der Waals surface area contributed by atoms with Crippen molar-refractivity contribution in [2.24, 2.45) is 7.05 Å². The summed E-state index contributed by atoms with van der Waals surface area (Å²) in [6, 6.07) is 7.76. The molecule has 10 heteroatoms. The molecule has 0 aliphatic rings. The van der Waals surface area contributed by atoms with E-state index in [0.29, 0.717) is 23.5 Å². The molecule has 0 spiro atoms. The van der Waals surface area contributed by atoms with Crippen LogP contribution >= 0.6 is 0 Å². The summed E-state index contributed by atoms with van der Waals surface area (Å²) in [4.78, 5) is 12.1. The molecule has 1 amide bonds. The standard InChI is InChI=1S/C20H25N5O3S.K/c1-4-5-8-13-29(27,28)23-19(26)12-11-17-15(2)22-24(3)20(17)25-18-10-7-6-9-16(18)14-21-25;/h6-7,9-12,14H,4-5,8,13H2,1-3H3,(H,23,26);/q;+1/p-1/b12-11+;. The van der Waals surface area contributed by atoms with Crippen LogP contribution in [0.15, 0.2) is 36.5 Å². The number of carbonyl (C=O) groups is 1. The minimum absolute atomic E-state index is 0. The second-order valence-electron chi connectivity index (χ2n) is 6.82. The number of hydrogen-bond donors (Lipinski definition) is 0. The molecule has 0 aliphatic heterocycles. The van der Waals surface area contributed by atoms with Gasteiger partial charge in [-0.25, -0.2) is 13.1 Å². The van der Waals surface area contributed by atoms with Gasteiger partial charge >= 0.3 is 51.4 Å². The maximum atomic E-state index is 12.1. The van der Waals surface area contributed by atoms with Gasteiger partial charge in [0.05, 0.1) is 33.3 Å². The molecule has 154 valence electrons. The van der Waals surface area contributed by atoms with Crippen LogP contribution in [0.3, 0.4) is 0 Å². The first kappa shape index (κ1) is 25.0. The summed E-state index contributed by atoms with van der Waals surface area (Å²) >= 11 is 0. The third kappa shape index (κ3) is 5.89. The zero-order chi connectivity index (χ0) is 21.0. The van der Waals surface area contributed by atoms with Crippen molar-refractivity contribution >= 4 is 32.9 Å². The van der Waals surface area contributed by atoms with Crippen molar-refractivity contribution in [1.82, 2.24) is 19.6 Å². The average molecular weight is 454 g/mol. The van der Waals surface area contributed by atoms with Gasteiger partial charge in [0.2, 0.25) is 0 Å². The summed E-state index contributed by atoms with van der Waals surface area (Å²) in [6.07, 6.45) is 6.65. The molecule has 30 heavy (non-hydrogen) atoms. The number of hydrogen-bond acceptors (Lipinski definition) is 5. The molecule has 0 unspecified atom stereocenters. The SMILES string of the molecule is CCCCCS(=O)(=O)[N-]C(=O)/C=C/c1c(C)nn(C)c1-n1ncc2ccccc21.[K+]. The van der Waals surface area contributed by atoms with Crippen molar-refractivity contribution in [3.05, 3.63) is 52.5 Å². The van der Waals surface area contributed by atoms with Gasteiger partial charge in [0.15, 0.2) is 5.82 Å². The topological polar surface area (TPSA) is 101 Å². The molecule has 0 atom stereocenters. The number of amides is 1. The van der Waals surface area contributed by atoms with E-state index in [0.717, 1.165) is 29.8 Å². The number of para-hydroxylation sites is 1. The molecular formula is C20H24KN5O3S. The first-order valence-corrected chi connectivity index (χ1v) is 11.1. The number of aryl methyl sites for hydroxylation is 2. The summed E-state index contributed by atoms with van der Waals surface area (Å²) in [5, 5.41) is 9.84. The molecule has 0 aliphatic carbocycles. The fourth-order valence-electron chi connectivity index (χ4n) is 3.15. The maximum Gasteiger partial charge on any atom is 1.00 e. The largest absolute Gasteiger partial charge is 1.00 e. The Balaban J connectivity index is 0.00000320. The molecule has 0 bridgehead atoms. The Bertz CT molecular complexity index is 1160. The molecule has 0 fully saturated rings. The number of aromatic nitrogens is 4. The van der Waals surface area contributed by atoms with Gasteiger partial charge in [-0.15, -0.1) is 0 Å². The van der Waals surface area contributed by atoms with Crippen LogP contribution in [-0.2, 0) is 21.9 Å². The number of rotatable bonds is 8. The van der Waals surface area contributed by atoms with Crippen LogP contribution in [0.2, 0.25) is 0 Å². The summed E-state index contributed by atoms with van der Waals surface area (Å²) in [6.45, 7) is 3.80. The van der Waals surface area contributed by atoms with Crippen LogP contribution in [0.4, 0.5) is 0 Å². The fraction of sp³-hybridized carbons (Fsp3) is 0.350. The molecule has 3 rings (SSSR count). The van der Waals surface area contributed by atoms with Gasteiger partial charge in [-0.3, -0.25) is 4.68 Å². The zero-order valence-electron chi connectivity index (χ0n) is 17.7. The quantitative estimate of drug-likeness (QED) is 0.281. The van der Waals surface area contributed by atoms with E-state index in [1.54, 1.807) is 28.7 Å². The number of carbonyl (C=O) groups excluding carboxylic acids is 1. The van der Waals surface area contributed by atoms with Crippen molar-refractivity contribution < 1.29 is 64.6 Å². The number of benzene rings is 1. The summed E-state index contributed by atoms with van der Waals surface area (Å²) < 4.78 is 30.7. The Kier molecular flexibility index (Phi) is 9.01. The predicted octanol–water partition coefficient (Wildman–Crippen LogP) is 0.505. The molecule has 0 saturated carbocycles. The molecule has 8 nitrogen and oxygen atoms in total. The van der Waals surface area contributed by atoms with E-state index in [1.165, 1.54) is 0 Å². The Morgan fingerprint density at radius 2 is 1.97 bits per heavy atom. The molecule has 1 aromatic carbocycles. The van der Waals surface area contributed by atoms with E-state index < -0.39 is 15.9 Å². The molecule has 2 heterocycles. The van der Waals surface area contributed by atoms with E-state index in [1.807, 2.05) is 38.1 Å². The first-order valence-electron chi connectivity index (χ1n) is 9.47. The number of fused-ring (bicyclic) bond motifs is 1. The molecule has 0 saturated heterocycles. The summed E-state index contributed by atoms with van der Waals surface area (Å²) in [7, 11) is -1.97. The van der Waals surface area contributed by atoms with Crippen LogP contribution in [0, 0.1) is 6.92 Å². The molecule has 2 aromatic heterocycles. The Morgan fingerprint density at radius 3 is 2.70 bits per heavy atom. The minimum Gasteiger partial charge on any atom is -0.542 e. The van der Waals surface area contributed by atoms with Gasteiger partial charge in [0.25, 0.3) is 0 Å². The van der Waals surface area contributed by atoms with Crippen LogP contribution in [-0.4, -0.2) is 39.6 Å². The van der Waals surface area contributed by atoms with Crippen LogP contribution < -0.4 is 51.4 Å². The van der Waals surface area contributed by atoms with Crippen molar-refractivity contribution in [3.63, 3.8) is 0 Å². The summed E-state index contributed by atoms with van der Waals surface area (Å²) in [5.74, 6) is -0.240. The van der Waals surface area contributed by atoms with E-state index in [9.17, 15) is 13.2 Å². The molecule has 3 aromatic rings. The smallest absolute Gasteiger partial charge is 0.542 e. The van der Waals surface area contributed by atoms with Gasteiger partial charge in [0.1, 0.15) is 0 Å². The maximum absolute atomic E-state index is 12.1. The van der Waals surface area contributed by atoms with Crippen molar-refractivity contribution in [3.8, 4) is 5.82 Å². The Labute approximate surface area is 219 Å². The minimum atomic E-state index is -3.76. The average Bonchev–Trinajstić information content (AvgIpc) is 3.19. The van der Waals surface area contributed by atoms with Crippen molar-refractivity contribution in [1.29, 1.82) is 0 Å². The van der Waals surface area contributed by atoms with Crippen LogP contribution in [0.1, 0.15) is 37.4 Å². The Morgan fingerprint density at radius 1 is 1.23 bits per heavy atom.